The number of carbonyl (C=O) groups is 2. The van der Waals surface area contributed by atoms with Gasteiger partial charge in [-0.2, -0.15) is 26.3 Å². The van der Waals surface area contributed by atoms with Gasteiger partial charge in [-0.3, -0.25) is 4.90 Å². The van der Waals surface area contributed by atoms with Crippen molar-refractivity contribution in [2.45, 2.75) is 30.9 Å². The minimum Gasteiger partial charge on any atom is -0.493 e. The fourth-order valence-corrected chi connectivity index (χ4v) is 4.20. The molecule has 2 aromatic rings. The van der Waals surface area contributed by atoms with Crippen molar-refractivity contribution < 1.29 is 60.4 Å². The second-order valence-electron chi connectivity index (χ2n) is 8.19. The number of benzene rings is 2. The van der Waals surface area contributed by atoms with E-state index in [1.165, 1.54) is 27.2 Å². The van der Waals surface area contributed by atoms with Crippen LogP contribution in [0, 0.1) is 0 Å². The van der Waals surface area contributed by atoms with E-state index in [9.17, 15) is 46.1 Å². The molecule has 0 spiro atoms. The molecule has 0 unspecified atom stereocenters. The van der Waals surface area contributed by atoms with Crippen LogP contribution in [0.25, 0.3) is 5.57 Å². The Hall–Kier alpha value is -3.94. The van der Waals surface area contributed by atoms with Crippen LogP contribution < -0.4 is 14.4 Å². The first kappa shape index (κ1) is 28.6. The number of carboxylic acid groups (broad SMARTS) is 1. The van der Waals surface area contributed by atoms with Gasteiger partial charge in [0.25, 0.3) is 0 Å². The summed E-state index contributed by atoms with van der Waals surface area (Å²) in [5.41, 5.74) is -8.88. The highest BCUT2D eigenvalue weighted by Gasteiger charge is 2.49. The molecule has 2 aromatic carbocycles. The minimum absolute atomic E-state index is 0.0194. The van der Waals surface area contributed by atoms with Gasteiger partial charge in [0.15, 0.2) is 11.5 Å². The van der Waals surface area contributed by atoms with Crippen LogP contribution in [0.15, 0.2) is 36.4 Å². The predicted molar refractivity (Wildman–Crippen MR) is 120 cm³/mol. The maximum absolute atomic E-state index is 13.6. The molecular weight excluding hydrogens is 528 g/mol. The second kappa shape index (κ2) is 9.74. The molecular formula is C24H21F6NO7. The van der Waals surface area contributed by atoms with E-state index < -0.39 is 58.3 Å². The van der Waals surface area contributed by atoms with Gasteiger partial charge >= 0.3 is 24.4 Å². The number of amides is 1. The summed E-state index contributed by atoms with van der Waals surface area (Å²) in [6.07, 6.45) is -11.0. The monoisotopic (exact) mass is 549 g/mol. The van der Waals surface area contributed by atoms with Gasteiger partial charge in [0.1, 0.15) is 0 Å². The lowest BCUT2D eigenvalue weighted by Crippen LogP contribution is -2.45. The van der Waals surface area contributed by atoms with Crippen LogP contribution in [0.2, 0.25) is 0 Å². The van der Waals surface area contributed by atoms with Crippen molar-refractivity contribution in [2.75, 3.05) is 26.2 Å². The number of anilines is 1. The minimum atomic E-state index is -5.28. The number of halogens is 6. The van der Waals surface area contributed by atoms with Crippen molar-refractivity contribution in [1.29, 1.82) is 0 Å². The number of methoxy groups -OCH3 is 3. The lowest BCUT2D eigenvalue weighted by Gasteiger charge is -2.38. The van der Waals surface area contributed by atoms with E-state index in [1.54, 1.807) is 0 Å². The van der Waals surface area contributed by atoms with Gasteiger partial charge in [-0.15, -0.1) is 0 Å². The number of aliphatic hydroxyl groups is 1. The Morgan fingerprint density at radius 2 is 1.32 bits per heavy atom. The maximum Gasteiger partial charge on any atom is 0.416 e. The van der Waals surface area contributed by atoms with Crippen molar-refractivity contribution in [3.63, 3.8) is 0 Å². The van der Waals surface area contributed by atoms with Gasteiger partial charge < -0.3 is 24.4 Å². The predicted octanol–water partition coefficient (Wildman–Crippen LogP) is 5.07. The summed E-state index contributed by atoms with van der Waals surface area (Å²) < 4.78 is 96.5. The molecule has 14 heteroatoms. The number of alkyl halides is 6. The third-order valence-corrected chi connectivity index (χ3v) is 5.95. The summed E-state index contributed by atoms with van der Waals surface area (Å²) in [6, 6.07) is 1.39. The molecule has 2 N–H and O–H groups in total. The lowest BCUT2D eigenvalue weighted by atomic mass is 9.77. The van der Waals surface area contributed by atoms with Crippen LogP contribution in [-0.2, 0) is 27.5 Å². The smallest absolute Gasteiger partial charge is 0.416 e. The molecule has 2 atom stereocenters. The normalized spacial score (nSPS) is 17.2. The number of hydrogen-bond donors (Lipinski definition) is 2. The molecule has 1 amide bonds. The second-order valence-corrected chi connectivity index (χ2v) is 8.19. The fraction of sp³-hybridized carbons (Fsp3) is 0.333. The van der Waals surface area contributed by atoms with E-state index in [4.69, 9.17) is 9.47 Å². The van der Waals surface area contributed by atoms with E-state index >= 15 is 0 Å². The number of rotatable bonds is 5. The zero-order chi connectivity index (χ0) is 28.8. The van der Waals surface area contributed by atoms with Gasteiger partial charge in [0.05, 0.1) is 44.2 Å². The number of hydrogen-bond acceptors (Lipinski definition) is 6. The van der Waals surface area contributed by atoms with Gasteiger partial charge in [-0.05, 0) is 31.2 Å². The molecule has 0 radical (unpaired) electrons. The highest BCUT2D eigenvalue weighted by atomic mass is 19.4. The molecule has 1 heterocycles. The average molecular weight is 549 g/mol. The van der Waals surface area contributed by atoms with E-state index in [-0.39, 0.29) is 40.9 Å². The molecule has 1 aliphatic rings. The van der Waals surface area contributed by atoms with Crippen LogP contribution in [0.4, 0.5) is 36.8 Å². The zero-order valence-corrected chi connectivity index (χ0v) is 20.2. The Kier molecular flexibility index (Phi) is 7.34. The van der Waals surface area contributed by atoms with Crippen LogP contribution in [-0.4, -0.2) is 49.6 Å². The van der Waals surface area contributed by atoms with Crippen LogP contribution in [0.1, 0.15) is 29.2 Å². The number of fused-ring (bicyclic) bond motifs is 1. The molecule has 0 aliphatic carbocycles. The largest absolute Gasteiger partial charge is 0.493 e. The number of nitrogens with zero attached hydrogens (tertiary/aromatic N) is 1. The van der Waals surface area contributed by atoms with E-state index in [0.29, 0.717) is 0 Å². The van der Waals surface area contributed by atoms with E-state index in [2.05, 4.69) is 4.74 Å². The Bertz CT molecular complexity index is 1270. The van der Waals surface area contributed by atoms with Gasteiger partial charge in [-0.25, -0.2) is 9.59 Å². The van der Waals surface area contributed by atoms with Crippen molar-refractivity contribution >= 4 is 23.3 Å². The Labute approximate surface area is 211 Å². The first-order chi connectivity index (χ1) is 17.5. The summed E-state index contributed by atoms with van der Waals surface area (Å²) in [6.45, 7) is 1.32. The number of carbonyl (C=O) groups excluding carboxylic acids is 1. The van der Waals surface area contributed by atoms with E-state index in [1.807, 2.05) is 0 Å². The lowest BCUT2D eigenvalue weighted by molar-refractivity contribution is -0.158. The number of ether oxygens (including phenoxy) is 3. The summed E-state index contributed by atoms with van der Waals surface area (Å²) in [4.78, 5) is 25.8. The fourth-order valence-electron chi connectivity index (χ4n) is 4.20. The van der Waals surface area contributed by atoms with Crippen LogP contribution in [0.5, 0.6) is 11.5 Å². The first-order valence-electron chi connectivity index (χ1n) is 10.6. The van der Waals surface area contributed by atoms with Crippen molar-refractivity contribution in [3.8, 4) is 11.5 Å². The SMILES string of the molecule is COC(=O)[C@@](O)(C1=C[C@@H](C)N(C(=O)O)c2cc(OC)c(OC)cc21)c1cc(C(F)(F)F)cc(C(F)(F)F)c1. The standard InChI is InChI=1S/C24H21F6NO7/c1-11-5-16(15-9-18(36-2)19(37-3)10-17(15)31(11)21(33)34)22(35,20(32)38-4)12-6-13(23(25,26)27)8-14(7-12)24(28,29)30/h5-11,35H,1-4H3,(H,33,34)/t11-,22+/m1/s1. The average Bonchev–Trinajstić information content (AvgIpc) is 2.84. The third-order valence-electron chi connectivity index (χ3n) is 5.95. The maximum atomic E-state index is 13.6. The van der Waals surface area contributed by atoms with Gasteiger partial charge in [0, 0.05) is 22.8 Å². The number of esters is 1. The Morgan fingerprint density at radius 3 is 1.74 bits per heavy atom. The summed E-state index contributed by atoms with van der Waals surface area (Å²) >= 11 is 0. The molecule has 0 saturated heterocycles. The summed E-state index contributed by atoms with van der Waals surface area (Å²) in [7, 11) is 3.23. The molecule has 38 heavy (non-hydrogen) atoms. The Balaban J connectivity index is 2.46. The zero-order valence-electron chi connectivity index (χ0n) is 20.2. The van der Waals surface area contributed by atoms with Crippen LogP contribution in [0.3, 0.4) is 0 Å². The third kappa shape index (κ3) is 4.83. The molecule has 0 bridgehead atoms. The van der Waals surface area contributed by atoms with Gasteiger partial charge in [0.2, 0.25) is 5.60 Å². The molecule has 0 fully saturated rings. The molecule has 3 rings (SSSR count). The topological polar surface area (TPSA) is 106 Å². The summed E-state index contributed by atoms with van der Waals surface area (Å²) in [5, 5.41) is 21.5. The van der Waals surface area contributed by atoms with Crippen molar-refractivity contribution in [1.82, 2.24) is 0 Å². The molecule has 8 nitrogen and oxygen atoms in total. The molecule has 0 saturated carbocycles. The highest BCUT2D eigenvalue weighted by molar-refractivity contribution is 6.04. The Morgan fingerprint density at radius 1 is 0.842 bits per heavy atom. The highest BCUT2D eigenvalue weighted by Crippen LogP contribution is 2.49. The van der Waals surface area contributed by atoms with Crippen molar-refractivity contribution in [2.24, 2.45) is 0 Å². The first-order valence-corrected chi connectivity index (χ1v) is 10.6. The molecule has 0 aromatic heterocycles. The molecule has 206 valence electrons. The van der Waals surface area contributed by atoms with Crippen LogP contribution >= 0.6 is 0 Å². The van der Waals surface area contributed by atoms with E-state index in [0.717, 1.165) is 24.2 Å². The molecule has 1 aliphatic heterocycles. The van der Waals surface area contributed by atoms with Gasteiger partial charge in [-0.1, -0.05) is 6.08 Å². The van der Waals surface area contributed by atoms with Crippen molar-refractivity contribution in [3.05, 3.63) is 58.7 Å². The summed E-state index contributed by atoms with van der Waals surface area (Å²) in [5.74, 6) is -1.64. The quantitative estimate of drug-likeness (QED) is 0.396.